The first kappa shape index (κ1) is 12.5. The van der Waals surface area contributed by atoms with Gasteiger partial charge in [0.25, 0.3) is 5.91 Å². The maximum atomic E-state index is 12.2. The molecule has 0 spiro atoms. The highest BCUT2D eigenvalue weighted by atomic mass is 16.1. The number of amides is 1. The Labute approximate surface area is 107 Å². The van der Waals surface area contributed by atoms with E-state index in [0.717, 1.165) is 17.3 Å². The van der Waals surface area contributed by atoms with Crippen LogP contribution in [0.15, 0.2) is 24.4 Å². The van der Waals surface area contributed by atoms with Crippen LogP contribution in [0.4, 0.5) is 5.69 Å². The number of hydrogen-bond donors (Lipinski definition) is 3. The molecular weight excluding hydrogens is 226 g/mol. The molecule has 0 radical (unpaired) electrons. The lowest BCUT2D eigenvalue weighted by molar-refractivity contribution is 0.0913. The van der Waals surface area contributed by atoms with Crippen molar-refractivity contribution >= 4 is 22.5 Å². The van der Waals surface area contributed by atoms with Crippen LogP contribution in [0.1, 0.15) is 37.6 Å². The second kappa shape index (κ2) is 4.37. The second-order valence-electron chi connectivity index (χ2n) is 5.20. The highest BCUT2D eigenvalue weighted by Gasteiger charge is 2.20. The molecule has 2 aromatic rings. The lowest BCUT2D eigenvalue weighted by Gasteiger charge is -2.24. The number of hydrogen-bond acceptors (Lipinski definition) is 2. The summed E-state index contributed by atoms with van der Waals surface area (Å²) in [5.41, 5.74) is 7.74. The van der Waals surface area contributed by atoms with Crippen LogP contribution in [0.5, 0.6) is 0 Å². The predicted molar refractivity (Wildman–Crippen MR) is 74.5 cm³/mol. The molecule has 1 aromatic heterocycles. The summed E-state index contributed by atoms with van der Waals surface area (Å²) in [6.45, 7) is 6.08. The summed E-state index contributed by atoms with van der Waals surface area (Å²) in [7, 11) is 0. The normalized spacial score (nSPS) is 11.7. The SMILES string of the molecule is CCC(C)(C)NC(=O)c1c[nH]c2cc(N)ccc12. The van der Waals surface area contributed by atoms with Crippen molar-refractivity contribution in [3.05, 3.63) is 30.0 Å². The van der Waals surface area contributed by atoms with E-state index in [9.17, 15) is 4.79 Å². The summed E-state index contributed by atoms with van der Waals surface area (Å²) in [6, 6.07) is 5.50. The predicted octanol–water partition coefficient (Wildman–Crippen LogP) is 2.67. The van der Waals surface area contributed by atoms with Crippen LogP contribution in [0, 0.1) is 0 Å². The Hall–Kier alpha value is -1.97. The summed E-state index contributed by atoms with van der Waals surface area (Å²) in [5.74, 6) is -0.0575. The second-order valence-corrected chi connectivity index (χ2v) is 5.20. The minimum atomic E-state index is -0.200. The topological polar surface area (TPSA) is 70.9 Å². The van der Waals surface area contributed by atoms with Crippen molar-refractivity contribution in [2.24, 2.45) is 0 Å². The molecule has 1 heterocycles. The van der Waals surface area contributed by atoms with Crippen molar-refractivity contribution < 1.29 is 4.79 Å². The lowest BCUT2D eigenvalue weighted by atomic mass is 10.0. The first-order valence-electron chi connectivity index (χ1n) is 6.12. The average molecular weight is 245 g/mol. The van der Waals surface area contributed by atoms with Crippen LogP contribution in [-0.2, 0) is 0 Å². The van der Waals surface area contributed by atoms with Gasteiger partial charge >= 0.3 is 0 Å². The van der Waals surface area contributed by atoms with Crippen LogP contribution in [0.25, 0.3) is 10.9 Å². The molecule has 0 saturated heterocycles. The van der Waals surface area contributed by atoms with Gasteiger partial charge in [-0.2, -0.15) is 0 Å². The van der Waals surface area contributed by atoms with Crippen molar-refractivity contribution in [1.29, 1.82) is 0 Å². The number of aromatic nitrogens is 1. The van der Waals surface area contributed by atoms with Crippen LogP contribution < -0.4 is 11.1 Å². The molecule has 4 N–H and O–H groups in total. The number of H-pyrrole nitrogens is 1. The number of fused-ring (bicyclic) bond motifs is 1. The van der Waals surface area contributed by atoms with E-state index >= 15 is 0 Å². The molecule has 0 saturated carbocycles. The van der Waals surface area contributed by atoms with Crippen molar-refractivity contribution in [2.45, 2.75) is 32.7 Å². The third-order valence-electron chi connectivity index (χ3n) is 3.29. The molecule has 0 fully saturated rings. The molecule has 2 rings (SSSR count). The van der Waals surface area contributed by atoms with Crippen LogP contribution in [-0.4, -0.2) is 16.4 Å². The van der Waals surface area contributed by atoms with E-state index in [-0.39, 0.29) is 11.4 Å². The van der Waals surface area contributed by atoms with Crippen molar-refractivity contribution in [3.63, 3.8) is 0 Å². The number of aromatic amines is 1. The van der Waals surface area contributed by atoms with Gasteiger partial charge in [0.15, 0.2) is 0 Å². The minimum Gasteiger partial charge on any atom is -0.399 e. The van der Waals surface area contributed by atoms with Gasteiger partial charge in [-0.25, -0.2) is 0 Å². The molecule has 1 amide bonds. The van der Waals surface area contributed by atoms with E-state index in [1.54, 1.807) is 12.3 Å². The number of carbonyl (C=O) groups excluding carboxylic acids is 1. The Morgan fingerprint density at radius 3 is 2.83 bits per heavy atom. The number of anilines is 1. The number of nitrogens with one attached hydrogen (secondary N) is 2. The maximum Gasteiger partial charge on any atom is 0.253 e. The van der Waals surface area contributed by atoms with Crippen molar-refractivity contribution in [2.75, 3.05) is 5.73 Å². The van der Waals surface area contributed by atoms with Gasteiger partial charge in [0, 0.05) is 28.3 Å². The molecule has 18 heavy (non-hydrogen) atoms. The van der Waals surface area contributed by atoms with Crippen molar-refractivity contribution in [1.82, 2.24) is 10.3 Å². The molecule has 96 valence electrons. The van der Waals surface area contributed by atoms with Gasteiger partial charge in [-0.1, -0.05) is 6.92 Å². The van der Waals surface area contributed by atoms with Crippen LogP contribution in [0.3, 0.4) is 0 Å². The van der Waals surface area contributed by atoms with Crippen LogP contribution >= 0.6 is 0 Å². The fourth-order valence-corrected chi connectivity index (χ4v) is 1.79. The monoisotopic (exact) mass is 245 g/mol. The van der Waals surface area contributed by atoms with Gasteiger partial charge in [-0.05, 0) is 38.5 Å². The molecule has 0 aliphatic heterocycles. The fraction of sp³-hybridized carbons (Fsp3) is 0.357. The lowest BCUT2D eigenvalue weighted by Crippen LogP contribution is -2.42. The van der Waals surface area contributed by atoms with Gasteiger partial charge < -0.3 is 16.0 Å². The number of nitrogen functional groups attached to an aromatic ring is 1. The summed E-state index contributed by atoms with van der Waals surface area (Å²) >= 11 is 0. The molecule has 0 aliphatic rings. The van der Waals surface area contributed by atoms with Gasteiger partial charge in [-0.3, -0.25) is 4.79 Å². The van der Waals surface area contributed by atoms with Gasteiger partial charge in [0.2, 0.25) is 0 Å². The molecule has 4 heteroatoms. The number of benzene rings is 1. The van der Waals surface area contributed by atoms with E-state index < -0.39 is 0 Å². The quantitative estimate of drug-likeness (QED) is 0.727. The zero-order chi connectivity index (χ0) is 13.3. The first-order chi connectivity index (χ1) is 8.43. The van der Waals surface area contributed by atoms with E-state index in [0.29, 0.717) is 11.3 Å². The summed E-state index contributed by atoms with van der Waals surface area (Å²) in [6.07, 6.45) is 2.61. The van der Waals surface area contributed by atoms with E-state index in [2.05, 4.69) is 17.2 Å². The Bertz CT molecular complexity index is 584. The van der Waals surface area contributed by atoms with Gasteiger partial charge in [-0.15, -0.1) is 0 Å². The highest BCUT2D eigenvalue weighted by Crippen LogP contribution is 2.21. The molecular formula is C14H19N3O. The van der Waals surface area contributed by atoms with E-state index in [4.69, 9.17) is 5.73 Å². The van der Waals surface area contributed by atoms with Gasteiger partial charge in [0.05, 0.1) is 5.56 Å². The number of nitrogens with two attached hydrogens (primary N) is 1. The highest BCUT2D eigenvalue weighted by molar-refractivity contribution is 6.07. The number of carbonyl (C=O) groups is 1. The Morgan fingerprint density at radius 1 is 1.44 bits per heavy atom. The third kappa shape index (κ3) is 2.32. The molecule has 0 unspecified atom stereocenters. The van der Waals surface area contributed by atoms with Crippen molar-refractivity contribution in [3.8, 4) is 0 Å². The zero-order valence-corrected chi connectivity index (χ0v) is 11.0. The summed E-state index contributed by atoms with van der Waals surface area (Å²) in [4.78, 5) is 15.3. The third-order valence-corrected chi connectivity index (χ3v) is 3.29. The average Bonchev–Trinajstić information content (AvgIpc) is 2.71. The Morgan fingerprint density at radius 2 is 2.17 bits per heavy atom. The summed E-state index contributed by atoms with van der Waals surface area (Å²) in [5, 5.41) is 3.92. The number of rotatable bonds is 3. The Kier molecular flexibility index (Phi) is 3.03. The molecule has 1 aromatic carbocycles. The standard InChI is InChI=1S/C14H19N3O/c1-4-14(2,3)17-13(18)11-8-16-12-7-9(15)5-6-10(11)12/h5-8,16H,4,15H2,1-3H3,(H,17,18). The summed E-state index contributed by atoms with van der Waals surface area (Å²) < 4.78 is 0. The minimum absolute atomic E-state index is 0.0575. The maximum absolute atomic E-state index is 12.2. The molecule has 0 atom stereocenters. The smallest absolute Gasteiger partial charge is 0.253 e. The van der Waals surface area contributed by atoms with E-state index in [1.807, 2.05) is 26.0 Å². The fourth-order valence-electron chi connectivity index (χ4n) is 1.79. The largest absolute Gasteiger partial charge is 0.399 e. The molecule has 0 aliphatic carbocycles. The molecule has 0 bridgehead atoms. The van der Waals surface area contributed by atoms with Gasteiger partial charge in [0.1, 0.15) is 0 Å². The van der Waals surface area contributed by atoms with Crippen LogP contribution in [0.2, 0.25) is 0 Å². The first-order valence-corrected chi connectivity index (χ1v) is 6.12. The van der Waals surface area contributed by atoms with E-state index in [1.165, 1.54) is 0 Å². The zero-order valence-electron chi connectivity index (χ0n) is 11.0. The Balaban J connectivity index is 2.34. The molecule has 4 nitrogen and oxygen atoms in total.